The molecule has 0 saturated heterocycles. The van der Waals surface area contributed by atoms with E-state index in [2.05, 4.69) is 28.7 Å². The van der Waals surface area contributed by atoms with E-state index in [0.29, 0.717) is 25.3 Å². The summed E-state index contributed by atoms with van der Waals surface area (Å²) >= 11 is 0. The molecule has 0 aliphatic carbocycles. The predicted octanol–water partition coefficient (Wildman–Crippen LogP) is 3.62. The van der Waals surface area contributed by atoms with Crippen molar-refractivity contribution in [3.05, 3.63) is 46.9 Å². The van der Waals surface area contributed by atoms with Crippen LogP contribution in [-0.4, -0.2) is 47.5 Å². The highest BCUT2D eigenvalue weighted by atomic mass is 16.5. The lowest BCUT2D eigenvalue weighted by Crippen LogP contribution is -2.38. The van der Waals surface area contributed by atoms with Gasteiger partial charge in [0.15, 0.2) is 0 Å². The molecule has 2 heterocycles. The number of rotatable bonds is 7. The highest BCUT2D eigenvalue weighted by Gasteiger charge is 2.26. The standard InChI is InChI=1S/C22H30N4O2/c1-5-7-14-28-18-10-8-17(9-11-18)22(27)26-13-12-20-19(15-26)21(25(4)6-2)24-16(3)23-20/h8-11H,5-7,12-15H2,1-4H3. The van der Waals surface area contributed by atoms with Crippen LogP contribution in [0.15, 0.2) is 24.3 Å². The molecule has 6 nitrogen and oxygen atoms in total. The van der Waals surface area contributed by atoms with Gasteiger partial charge >= 0.3 is 0 Å². The maximum absolute atomic E-state index is 13.0. The summed E-state index contributed by atoms with van der Waals surface area (Å²) in [4.78, 5) is 26.3. The third-order valence-corrected chi connectivity index (χ3v) is 5.14. The van der Waals surface area contributed by atoms with Gasteiger partial charge in [-0.15, -0.1) is 0 Å². The normalized spacial score (nSPS) is 13.2. The number of carbonyl (C=O) groups is 1. The summed E-state index contributed by atoms with van der Waals surface area (Å²) in [5.74, 6) is 2.57. The molecule has 150 valence electrons. The number of anilines is 1. The number of aryl methyl sites for hydroxylation is 1. The Morgan fingerprint density at radius 1 is 1.21 bits per heavy atom. The number of hydrogen-bond acceptors (Lipinski definition) is 5. The van der Waals surface area contributed by atoms with Crippen LogP contribution in [0.25, 0.3) is 0 Å². The number of fused-ring (bicyclic) bond motifs is 1. The van der Waals surface area contributed by atoms with Crippen molar-refractivity contribution in [3.63, 3.8) is 0 Å². The molecule has 1 aromatic heterocycles. The molecule has 0 spiro atoms. The summed E-state index contributed by atoms with van der Waals surface area (Å²) in [5.41, 5.74) is 2.81. The van der Waals surface area contributed by atoms with Gasteiger partial charge in [-0.05, 0) is 44.5 Å². The third-order valence-electron chi connectivity index (χ3n) is 5.14. The maximum atomic E-state index is 13.0. The first kappa shape index (κ1) is 20.1. The van der Waals surface area contributed by atoms with Crippen LogP contribution in [0, 0.1) is 6.92 Å². The summed E-state index contributed by atoms with van der Waals surface area (Å²) in [6, 6.07) is 7.46. The summed E-state index contributed by atoms with van der Waals surface area (Å²) in [5, 5.41) is 0. The molecule has 0 bridgehead atoms. The molecule has 3 rings (SSSR count). The van der Waals surface area contributed by atoms with Crippen LogP contribution >= 0.6 is 0 Å². The van der Waals surface area contributed by atoms with Gasteiger partial charge in [0.1, 0.15) is 17.4 Å². The molecular formula is C22H30N4O2. The van der Waals surface area contributed by atoms with E-state index in [-0.39, 0.29) is 5.91 Å². The second-order valence-corrected chi connectivity index (χ2v) is 7.24. The van der Waals surface area contributed by atoms with Crippen molar-refractivity contribution < 1.29 is 9.53 Å². The second kappa shape index (κ2) is 9.04. The van der Waals surface area contributed by atoms with Gasteiger partial charge in [-0.3, -0.25) is 4.79 Å². The number of ether oxygens (including phenoxy) is 1. The first-order chi connectivity index (χ1) is 13.5. The van der Waals surface area contributed by atoms with E-state index >= 15 is 0 Å². The van der Waals surface area contributed by atoms with Crippen molar-refractivity contribution in [1.82, 2.24) is 14.9 Å². The average Bonchev–Trinajstić information content (AvgIpc) is 2.72. The Morgan fingerprint density at radius 2 is 1.96 bits per heavy atom. The van der Waals surface area contributed by atoms with Gasteiger partial charge in [-0.25, -0.2) is 9.97 Å². The Hall–Kier alpha value is -2.63. The first-order valence-corrected chi connectivity index (χ1v) is 10.1. The molecule has 1 aliphatic heterocycles. The summed E-state index contributed by atoms with van der Waals surface area (Å²) < 4.78 is 5.69. The van der Waals surface area contributed by atoms with Crippen LogP contribution in [0.1, 0.15) is 54.1 Å². The van der Waals surface area contributed by atoms with Crippen LogP contribution in [-0.2, 0) is 13.0 Å². The molecule has 1 amide bonds. The molecule has 0 unspecified atom stereocenters. The Kier molecular flexibility index (Phi) is 6.49. The minimum atomic E-state index is 0.0384. The fourth-order valence-corrected chi connectivity index (χ4v) is 3.37. The molecule has 2 aromatic rings. The Labute approximate surface area is 167 Å². The molecule has 0 radical (unpaired) electrons. The van der Waals surface area contributed by atoms with Gasteiger partial charge in [0, 0.05) is 37.7 Å². The van der Waals surface area contributed by atoms with E-state index in [1.54, 1.807) is 0 Å². The zero-order valence-corrected chi connectivity index (χ0v) is 17.4. The van der Waals surface area contributed by atoms with Gasteiger partial charge in [0.25, 0.3) is 5.91 Å². The molecule has 0 fully saturated rings. The molecule has 1 aliphatic rings. The third kappa shape index (κ3) is 4.43. The fourth-order valence-electron chi connectivity index (χ4n) is 3.37. The van der Waals surface area contributed by atoms with Crippen LogP contribution in [0.4, 0.5) is 5.82 Å². The summed E-state index contributed by atoms with van der Waals surface area (Å²) in [6.07, 6.45) is 2.89. The van der Waals surface area contributed by atoms with Crippen molar-refractivity contribution in [3.8, 4) is 5.75 Å². The Morgan fingerprint density at radius 3 is 2.64 bits per heavy atom. The number of amides is 1. The summed E-state index contributed by atoms with van der Waals surface area (Å²) in [7, 11) is 2.03. The van der Waals surface area contributed by atoms with E-state index in [1.165, 1.54) is 0 Å². The Bertz CT molecular complexity index is 820. The Balaban J connectivity index is 1.75. The van der Waals surface area contributed by atoms with Crippen molar-refractivity contribution in [1.29, 1.82) is 0 Å². The van der Waals surface area contributed by atoms with E-state index in [1.807, 2.05) is 43.1 Å². The lowest BCUT2D eigenvalue weighted by molar-refractivity contribution is 0.0733. The van der Waals surface area contributed by atoms with Gasteiger partial charge in [-0.2, -0.15) is 0 Å². The zero-order valence-electron chi connectivity index (χ0n) is 17.4. The summed E-state index contributed by atoms with van der Waals surface area (Å²) in [6.45, 7) is 8.94. The van der Waals surface area contributed by atoms with Gasteiger partial charge in [-0.1, -0.05) is 13.3 Å². The smallest absolute Gasteiger partial charge is 0.254 e. The number of benzene rings is 1. The topological polar surface area (TPSA) is 58.6 Å². The van der Waals surface area contributed by atoms with Gasteiger partial charge in [0.2, 0.25) is 0 Å². The predicted molar refractivity (Wildman–Crippen MR) is 111 cm³/mol. The monoisotopic (exact) mass is 382 g/mol. The molecule has 1 aromatic carbocycles. The molecule has 0 N–H and O–H groups in total. The van der Waals surface area contributed by atoms with E-state index in [0.717, 1.165) is 54.5 Å². The van der Waals surface area contributed by atoms with Crippen LogP contribution in [0.3, 0.4) is 0 Å². The number of hydrogen-bond donors (Lipinski definition) is 0. The van der Waals surface area contributed by atoms with Crippen LogP contribution in [0.2, 0.25) is 0 Å². The van der Waals surface area contributed by atoms with E-state index in [9.17, 15) is 4.79 Å². The van der Waals surface area contributed by atoms with Crippen molar-refractivity contribution in [2.24, 2.45) is 0 Å². The van der Waals surface area contributed by atoms with E-state index < -0.39 is 0 Å². The van der Waals surface area contributed by atoms with Crippen molar-refractivity contribution in [2.45, 2.75) is 46.6 Å². The average molecular weight is 383 g/mol. The molecule has 28 heavy (non-hydrogen) atoms. The number of aromatic nitrogens is 2. The minimum absolute atomic E-state index is 0.0384. The fraction of sp³-hybridized carbons (Fsp3) is 0.500. The number of carbonyl (C=O) groups excluding carboxylic acids is 1. The van der Waals surface area contributed by atoms with E-state index in [4.69, 9.17) is 4.74 Å². The minimum Gasteiger partial charge on any atom is -0.494 e. The number of nitrogens with zero attached hydrogens (tertiary/aromatic N) is 4. The van der Waals surface area contributed by atoms with Crippen LogP contribution < -0.4 is 9.64 Å². The van der Waals surface area contributed by atoms with Gasteiger partial charge in [0.05, 0.1) is 18.8 Å². The highest BCUT2D eigenvalue weighted by Crippen LogP contribution is 2.27. The van der Waals surface area contributed by atoms with Crippen molar-refractivity contribution in [2.75, 3.05) is 31.6 Å². The first-order valence-electron chi connectivity index (χ1n) is 10.1. The molecular weight excluding hydrogens is 352 g/mol. The van der Waals surface area contributed by atoms with Crippen LogP contribution in [0.5, 0.6) is 5.75 Å². The lowest BCUT2D eigenvalue weighted by Gasteiger charge is -2.31. The maximum Gasteiger partial charge on any atom is 0.254 e. The largest absolute Gasteiger partial charge is 0.494 e. The lowest BCUT2D eigenvalue weighted by atomic mass is 10.0. The zero-order chi connectivity index (χ0) is 20.1. The second-order valence-electron chi connectivity index (χ2n) is 7.24. The highest BCUT2D eigenvalue weighted by molar-refractivity contribution is 5.94. The molecule has 6 heteroatoms. The number of unbranched alkanes of at least 4 members (excludes halogenated alkanes) is 1. The molecule has 0 atom stereocenters. The SMILES string of the molecule is CCCCOc1ccc(C(=O)N2CCc3nc(C)nc(N(C)CC)c3C2)cc1. The van der Waals surface area contributed by atoms with Crippen molar-refractivity contribution >= 4 is 11.7 Å². The van der Waals surface area contributed by atoms with Gasteiger partial charge < -0.3 is 14.5 Å². The molecule has 0 saturated carbocycles. The quantitative estimate of drug-likeness (QED) is 0.685.